The van der Waals surface area contributed by atoms with Crippen LogP contribution in [0.1, 0.15) is 17.3 Å². The van der Waals surface area contributed by atoms with Crippen LogP contribution in [0.4, 0.5) is 5.69 Å². The zero-order valence-electron chi connectivity index (χ0n) is 13.7. The largest absolute Gasteiger partial charge is 0.411 e. The Morgan fingerprint density at radius 3 is 2.62 bits per heavy atom. The summed E-state index contributed by atoms with van der Waals surface area (Å²) in [6, 6.07) is 14.0. The summed E-state index contributed by atoms with van der Waals surface area (Å²) in [7, 11) is 0. The summed E-state index contributed by atoms with van der Waals surface area (Å²) in [5.74, 6) is -0.0346. The minimum Gasteiger partial charge on any atom is -0.411 e. The van der Waals surface area contributed by atoms with Gasteiger partial charge in [-0.15, -0.1) is 10.2 Å². The Balaban J connectivity index is 1.63. The van der Waals surface area contributed by atoms with Gasteiger partial charge in [-0.2, -0.15) is 0 Å². The van der Waals surface area contributed by atoms with Gasteiger partial charge in [-0.05, 0) is 31.2 Å². The Morgan fingerprint density at radius 1 is 1.12 bits per heavy atom. The van der Waals surface area contributed by atoms with Gasteiger partial charge in [0.2, 0.25) is 11.8 Å². The molecule has 0 aliphatic heterocycles. The van der Waals surface area contributed by atoms with E-state index in [9.17, 15) is 9.59 Å². The first-order chi connectivity index (χ1) is 12.5. The minimum absolute atomic E-state index is 0.0659. The molecule has 6 nitrogen and oxygen atoms in total. The predicted octanol–water partition coefficient (Wildman–Crippen LogP) is 4.32. The van der Waals surface area contributed by atoms with Crippen molar-refractivity contribution >= 4 is 40.7 Å². The Bertz CT molecular complexity index is 958. The molecule has 0 atom stereocenters. The molecule has 0 fully saturated rings. The lowest BCUT2D eigenvalue weighted by atomic mass is 10.1. The van der Waals surface area contributed by atoms with Gasteiger partial charge in [0, 0.05) is 5.56 Å². The zero-order chi connectivity index (χ0) is 18.5. The SMILES string of the molecule is CC(=O)c1ccccc1NC(=O)CSc1nnc(-c2ccccc2Cl)o1. The molecule has 3 rings (SSSR count). The predicted molar refractivity (Wildman–Crippen MR) is 101 cm³/mol. The maximum atomic E-state index is 12.1. The second-order valence-corrected chi connectivity index (χ2v) is 6.63. The van der Waals surface area contributed by atoms with Crippen molar-refractivity contribution in [1.82, 2.24) is 10.2 Å². The van der Waals surface area contributed by atoms with Crippen LogP contribution in [-0.4, -0.2) is 27.6 Å². The van der Waals surface area contributed by atoms with Gasteiger partial charge in [0.1, 0.15) is 0 Å². The number of aromatic nitrogens is 2. The number of hydrogen-bond acceptors (Lipinski definition) is 6. The van der Waals surface area contributed by atoms with Crippen LogP contribution in [0.3, 0.4) is 0 Å². The maximum absolute atomic E-state index is 12.1. The second-order valence-electron chi connectivity index (χ2n) is 5.29. The maximum Gasteiger partial charge on any atom is 0.277 e. The molecule has 0 saturated carbocycles. The van der Waals surface area contributed by atoms with Crippen molar-refractivity contribution in [2.24, 2.45) is 0 Å². The van der Waals surface area contributed by atoms with E-state index in [4.69, 9.17) is 16.0 Å². The number of thioether (sulfide) groups is 1. The molecule has 1 aromatic heterocycles. The van der Waals surface area contributed by atoms with Crippen LogP contribution in [-0.2, 0) is 4.79 Å². The summed E-state index contributed by atoms with van der Waals surface area (Å²) in [5, 5.41) is 11.3. The molecule has 1 amide bonds. The number of carbonyl (C=O) groups excluding carboxylic acids is 2. The summed E-state index contributed by atoms with van der Waals surface area (Å²) in [4.78, 5) is 23.7. The lowest BCUT2D eigenvalue weighted by Crippen LogP contribution is -2.16. The van der Waals surface area contributed by atoms with Crippen molar-refractivity contribution in [3.8, 4) is 11.5 Å². The van der Waals surface area contributed by atoms with E-state index in [1.54, 1.807) is 42.5 Å². The van der Waals surface area contributed by atoms with E-state index in [0.29, 0.717) is 27.7 Å². The first-order valence-electron chi connectivity index (χ1n) is 7.65. The number of ketones is 1. The van der Waals surface area contributed by atoms with Gasteiger partial charge >= 0.3 is 0 Å². The lowest BCUT2D eigenvalue weighted by molar-refractivity contribution is -0.113. The summed E-state index contributed by atoms with van der Waals surface area (Å²) in [5.41, 5.74) is 1.57. The second kappa shape index (κ2) is 8.16. The molecular formula is C18H14ClN3O3S. The molecule has 3 aromatic rings. The number of benzene rings is 2. The van der Waals surface area contributed by atoms with Crippen LogP contribution < -0.4 is 5.32 Å². The highest BCUT2D eigenvalue weighted by atomic mass is 35.5. The summed E-state index contributed by atoms with van der Waals surface area (Å²) < 4.78 is 5.54. The van der Waals surface area contributed by atoms with E-state index in [0.717, 1.165) is 11.8 Å². The fourth-order valence-corrected chi connectivity index (χ4v) is 3.00. The Kier molecular flexibility index (Phi) is 5.70. The van der Waals surface area contributed by atoms with Crippen molar-refractivity contribution in [1.29, 1.82) is 0 Å². The van der Waals surface area contributed by atoms with Crippen LogP contribution in [0, 0.1) is 0 Å². The Morgan fingerprint density at radius 2 is 1.85 bits per heavy atom. The van der Waals surface area contributed by atoms with Gasteiger partial charge in [0.05, 0.1) is 22.0 Å². The molecule has 0 aliphatic carbocycles. The number of nitrogens with zero attached hydrogens (tertiary/aromatic N) is 2. The average Bonchev–Trinajstić information content (AvgIpc) is 3.09. The van der Waals surface area contributed by atoms with E-state index in [-0.39, 0.29) is 22.7 Å². The van der Waals surface area contributed by atoms with E-state index >= 15 is 0 Å². The van der Waals surface area contributed by atoms with Crippen molar-refractivity contribution in [3.63, 3.8) is 0 Å². The number of rotatable bonds is 6. The summed E-state index contributed by atoms with van der Waals surface area (Å²) in [6.07, 6.45) is 0. The van der Waals surface area contributed by atoms with Crippen LogP contribution in [0.5, 0.6) is 0 Å². The number of amides is 1. The number of para-hydroxylation sites is 1. The molecule has 26 heavy (non-hydrogen) atoms. The summed E-state index contributed by atoms with van der Waals surface area (Å²) >= 11 is 7.20. The van der Waals surface area contributed by atoms with Gasteiger partial charge < -0.3 is 9.73 Å². The molecule has 0 spiro atoms. The van der Waals surface area contributed by atoms with Gasteiger partial charge in [0.15, 0.2) is 5.78 Å². The van der Waals surface area contributed by atoms with Gasteiger partial charge in [0.25, 0.3) is 5.22 Å². The molecule has 0 radical (unpaired) electrons. The molecular weight excluding hydrogens is 374 g/mol. The summed E-state index contributed by atoms with van der Waals surface area (Å²) in [6.45, 7) is 1.45. The Hall–Kier alpha value is -2.64. The average molecular weight is 388 g/mol. The molecule has 0 bridgehead atoms. The molecule has 1 N–H and O–H groups in total. The number of carbonyl (C=O) groups is 2. The van der Waals surface area contributed by atoms with E-state index in [1.807, 2.05) is 6.07 Å². The third-order valence-corrected chi connectivity index (χ3v) is 4.57. The topological polar surface area (TPSA) is 85.1 Å². The fourth-order valence-electron chi connectivity index (χ4n) is 2.22. The number of anilines is 1. The number of nitrogens with one attached hydrogen (secondary N) is 1. The zero-order valence-corrected chi connectivity index (χ0v) is 15.3. The molecule has 0 saturated heterocycles. The van der Waals surface area contributed by atoms with E-state index in [1.165, 1.54) is 6.92 Å². The molecule has 1 heterocycles. The van der Waals surface area contributed by atoms with Crippen molar-refractivity contribution in [2.75, 3.05) is 11.1 Å². The lowest BCUT2D eigenvalue weighted by Gasteiger charge is -2.08. The van der Waals surface area contributed by atoms with E-state index in [2.05, 4.69) is 15.5 Å². The van der Waals surface area contributed by atoms with Gasteiger partial charge in [-0.3, -0.25) is 9.59 Å². The first kappa shape index (κ1) is 18.2. The third-order valence-electron chi connectivity index (χ3n) is 3.42. The first-order valence-corrected chi connectivity index (χ1v) is 9.02. The van der Waals surface area contributed by atoms with Crippen molar-refractivity contribution in [2.45, 2.75) is 12.1 Å². The molecule has 132 valence electrons. The highest BCUT2D eigenvalue weighted by Crippen LogP contribution is 2.28. The van der Waals surface area contributed by atoms with Crippen molar-refractivity contribution < 1.29 is 14.0 Å². The highest BCUT2D eigenvalue weighted by molar-refractivity contribution is 7.99. The highest BCUT2D eigenvalue weighted by Gasteiger charge is 2.14. The van der Waals surface area contributed by atoms with Crippen molar-refractivity contribution in [3.05, 3.63) is 59.1 Å². The number of Topliss-reactive ketones (excluding diaryl/α,β-unsaturated/α-hetero) is 1. The smallest absolute Gasteiger partial charge is 0.277 e. The molecule has 0 aliphatic rings. The minimum atomic E-state index is -0.277. The van der Waals surface area contributed by atoms with Gasteiger partial charge in [-0.1, -0.05) is 47.6 Å². The quantitative estimate of drug-likeness (QED) is 0.500. The normalized spacial score (nSPS) is 10.5. The van der Waals surface area contributed by atoms with Crippen LogP contribution >= 0.6 is 23.4 Å². The fraction of sp³-hybridized carbons (Fsp3) is 0.111. The monoisotopic (exact) mass is 387 g/mol. The van der Waals surface area contributed by atoms with Gasteiger partial charge in [-0.25, -0.2) is 0 Å². The Labute approximate surface area is 159 Å². The molecule has 2 aromatic carbocycles. The van der Waals surface area contributed by atoms with Crippen LogP contribution in [0.15, 0.2) is 58.2 Å². The molecule has 0 unspecified atom stereocenters. The number of halogens is 1. The van der Waals surface area contributed by atoms with Crippen LogP contribution in [0.2, 0.25) is 5.02 Å². The standard InChI is InChI=1S/C18H14ClN3O3S/c1-11(23)12-6-3-5-9-15(12)20-16(24)10-26-18-22-21-17(25-18)13-7-2-4-8-14(13)19/h2-9H,10H2,1H3,(H,20,24). The molecule has 8 heteroatoms. The van der Waals surface area contributed by atoms with Crippen LogP contribution in [0.25, 0.3) is 11.5 Å². The van der Waals surface area contributed by atoms with E-state index < -0.39 is 0 Å². The number of hydrogen-bond donors (Lipinski definition) is 1. The third kappa shape index (κ3) is 4.30.